The number of phenolic OH excluding ortho intramolecular Hbond substituents is 1. The van der Waals surface area contributed by atoms with Gasteiger partial charge in [-0.15, -0.1) is 0 Å². The molecule has 0 spiro atoms. The molecule has 3 heterocycles. The van der Waals surface area contributed by atoms with Crippen LogP contribution >= 0.6 is 0 Å². The first kappa shape index (κ1) is 19.7. The van der Waals surface area contributed by atoms with Gasteiger partial charge in [0.2, 0.25) is 0 Å². The van der Waals surface area contributed by atoms with Crippen LogP contribution in [0.4, 0.5) is 0 Å². The second kappa shape index (κ2) is 6.50. The first-order valence-electron chi connectivity index (χ1n) is 10.6. The van der Waals surface area contributed by atoms with Crippen molar-refractivity contribution in [1.29, 1.82) is 0 Å². The normalized spacial score (nSPS) is 20.7. The number of aliphatic hydroxyl groups excluding tert-OH is 1. The highest BCUT2D eigenvalue weighted by Gasteiger charge is 2.51. The smallest absolute Gasteiger partial charge is 0.365 e. The number of carbonyl (C=O) groups excluding carboxylic acids is 2. The van der Waals surface area contributed by atoms with Crippen LogP contribution in [-0.4, -0.2) is 39.4 Å². The van der Waals surface area contributed by atoms with Gasteiger partial charge in [-0.2, -0.15) is 0 Å². The number of hydrogen-bond donors (Lipinski definition) is 2. The van der Waals surface area contributed by atoms with Crippen LogP contribution in [0.2, 0.25) is 0 Å². The maximum Gasteiger partial charge on any atom is 0.365 e. The van der Waals surface area contributed by atoms with Crippen LogP contribution in [0.1, 0.15) is 36.8 Å². The second-order valence-corrected chi connectivity index (χ2v) is 8.60. The van der Waals surface area contributed by atoms with Crippen molar-refractivity contribution in [3.8, 4) is 22.6 Å². The van der Waals surface area contributed by atoms with Crippen molar-refractivity contribution in [3.63, 3.8) is 0 Å². The van der Waals surface area contributed by atoms with E-state index in [1.165, 1.54) is 17.9 Å². The third kappa shape index (κ3) is 2.50. The molecule has 0 radical (unpaired) electrons. The zero-order valence-corrected chi connectivity index (χ0v) is 17.6. The first-order valence-corrected chi connectivity index (χ1v) is 10.6. The molecule has 0 amide bonds. The van der Waals surface area contributed by atoms with Crippen LogP contribution in [-0.2, 0) is 20.9 Å². The van der Waals surface area contributed by atoms with Crippen molar-refractivity contribution in [1.82, 2.24) is 4.74 Å². The van der Waals surface area contributed by atoms with Crippen LogP contribution < -0.4 is 10.4 Å². The van der Waals surface area contributed by atoms with Crippen molar-refractivity contribution in [2.75, 3.05) is 7.11 Å². The molecule has 0 bridgehead atoms. The highest BCUT2D eigenvalue weighted by atomic mass is 16.5. The average molecular weight is 449 g/mol. The molecule has 6 rings (SSSR count). The first-order chi connectivity index (χ1) is 15.8. The molecule has 33 heavy (non-hydrogen) atoms. The Bertz CT molecular complexity index is 1490. The molecule has 1 aromatic heterocycles. The number of ketones is 1. The summed E-state index contributed by atoms with van der Waals surface area (Å²) in [4.78, 5) is 37.5. The number of aromatic nitrogens is 1. The van der Waals surface area contributed by atoms with Gasteiger partial charge in [-0.25, -0.2) is 9.53 Å². The summed E-state index contributed by atoms with van der Waals surface area (Å²) < 4.78 is 18.1. The number of aliphatic hydroxyl groups is 1. The molecule has 0 saturated heterocycles. The van der Waals surface area contributed by atoms with Gasteiger partial charge in [0.05, 0.1) is 36.6 Å². The number of esters is 1. The molecule has 2 N–H and O–H groups in total. The van der Waals surface area contributed by atoms with E-state index in [4.69, 9.17) is 14.0 Å². The number of fused-ring (bicyclic) bond motifs is 5. The lowest BCUT2D eigenvalue weighted by atomic mass is 9.73. The van der Waals surface area contributed by atoms with Crippen molar-refractivity contribution in [2.45, 2.75) is 37.8 Å². The van der Waals surface area contributed by atoms with Gasteiger partial charge in [0, 0.05) is 17.5 Å². The number of carbonyl (C=O) groups is 2. The topological polar surface area (TPSA) is 128 Å². The van der Waals surface area contributed by atoms with E-state index < -0.39 is 23.0 Å². The Morgan fingerprint density at radius 2 is 2.06 bits per heavy atom. The standard InChI is InChI=1S/C24H19NO8/c1-31-16(28)9-24-7-3-6-14(26)19(24)21(29)18-15(27)8-11-10-25-20-12(17(11)22(18)32-24)4-2-5-13(20)23(30)33-25/h2,4-5,8,27,29H,3,6-7,9-10H2,1H3/t24-/m0/s1. The molecule has 1 saturated carbocycles. The molecule has 0 unspecified atom stereocenters. The van der Waals surface area contributed by atoms with E-state index in [-0.39, 0.29) is 47.8 Å². The molecular formula is C24H19NO8. The van der Waals surface area contributed by atoms with Crippen molar-refractivity contribution in [3.05, 3.63) is 51.4 Å². The van der Waals surface area contributed by atoms with Gasteiger partial charge in [-0.3, -0.25) is 9.59 Å². The Balaban J connectivity index is 1.68. The number of nitrogens with zero attached hydrogens (tertiary/aromatic N) is 1. The molecular weight excluding hydrogens is 430 g/mol. The Morgan fingerprint density at radius 3 is 2.85 bits per heavy atom. The molecule has 9 nitrogen and oxygen atoms in total. The van der Waals surface area contributed by atoms with Gasteiger partial charge in [-0.05, 0) is 30.5 Å². The van der Waals surface area contributed by atoms with Gasteiger partial charge in [0.25, 0.3) is 0 Å². The van der Waals surface area contributed by atoms with Gasteiger partial charge in [0.1, 0.15) is 22.8 Å². The van der Waals surface area contributed by atoms with Gasteiger partial charge in [0.15, 0.2) is 11.4 Å². The van der Waals surface area contributed by atoms with Crippen LogP contribution in [0.5, 0.6) is 11.5 Å². The Morgan fingerprint density at radius 1 is 1.24 bits per heavy atom. The number of hydrogen-bond acceptors (Lipinski definition) is 8. The summed E-state index contributed by atoms with van der Waals surface area (Å²) in [6.45, 7) is 0.162. The number of methoxy groups -OCH3 is 1. The highest BCUT2D eigenvalue weighted by molar-refractivity contribution is 6.08. The predicted molar refractivity (Wildman–Crippen MR) is 115 cm³/mol. The Kier molecular flexibility index (Phi) is 3.87. The SMILES string of the molecule is COC(=O)C[C@@]12CCCC(=O)C1=C(O)c1c(O)cc3c(c1O2)-c1cccc2c(=O)on(c12)C3. The van der Waals surface area contributed by atoms with E-state index in [0.29, 0.717) is 40.4 Å². The van der Waals surface area contributed by atoms with Crippen LogP contribution in [0.25, 0.3) is 27.8 Å². The molecule has 9 heteroatoms. The number of phenols is 1. The van der Waals surface area contributed by atoms with Crippen molar-refractivity contribution >= 4 is 28.4 Å². The number of Topliss-reactive ketones (excluding diaryl/α,β-unsaturated/α-hetero) is 1. The van der Waals surface area contributed by atoms with E-state index in [1.807, 2.05) is 0 Å². The fourth-order valence-electron chi connectivity index (χ4n) is 5.41. The molecule has 1 atom stereocenters. The third-order valence-electron chi connectivity index (χ3n) is 6.77. The molecule has 2 aliphatic heterocycles. The van der Waals surface area contributed by atoms with E-state index in [9.17, 15) is 24.6 Å². The summed E-state index contributed by atoms with van der Waals surface area (Å²) in [6, 6.07) is 6.64. The quantitative estimate of drug-likeness (QED) is 0.447. The molecule has 168 valence electrons. The van der Waals surface area contributed by atoms with Gasteiger partial charge >= 0.3 is 11.6 Å². The maximum atomic E-state index is 12.9. The zero-order chi connectivity index (χ0) is 23.1. The summed E-state index contributed by atoms with van der Waals surface area (Å²) in [5.74, 6) is -1.43. The lowest BCUT2D eigenvalue weighted by molar-refractivity contribution is -0.145. The Hall–Kier alpha value is -4.01. The lowest BCUT2D eigenvalue weighted by Crippen LogP contribution is -2.48. The summed E-state index contributed by atoms with van der Waals surface area (Å²) in [7, 11) is 1.25. The van der Waals surface area contributed by atoms with E-state index in [2.05, 4.69) is 0 Å². The van der Waals surface area contributed by atoms with E-state index in [0.717, 1.165) is 0 Å². The average Bonchev–Trinajstić information content (AvgIpc) is 3.09. The monoisotopic (exact) mass is 449 g/mol. The van der Waals surface area contributed by atoms with Crippen molar-refractivity contribution in [2.24, 2.45) is 0 Å². The second-order valence-electron chi connectivity index (χ2n) is 8.60. The van der Waals surface area contributed by atoms with Crippen LogP contribution in [0.15, 0.2) is 39.2 Å². The van der Waals surface area contributed by atoms with Gasteiger partial charge in [-0.1, -0.05) is 12.1 Å². The Labute approximate surface area is 186 Å². The maximum absolute atomic E-state index is 12.9. The van der Waals surface area contributed by atoms with E-state index in [1.54, 1.807) is 18.2 Å². The third-order valence-corrected chi connectivity index (χ3v) is 6.77. The van der Waals surface area contributed by atoms with Crippen molar-refractivity contribution < 1.29 is 33.8 Å². The minimum atomic E-state index is -1.41. The number of rotatable bonds is 2. The van der Waals surface area contributed by atoms with Gasteiger partial charge < -0.3 is 24.2 Å². The van der Waals surface area contributed by atoms with E-state index >= 15 is 0 Å². The summed E-state index contributed by atoms with van der Waals surface area (Å²) in [5.41, 5.74) is 0.461. The predicted octanol–water partition coefficient (Wildman–Crippen LogP) is 3.05. The molecule has 1 aliphatic carbocycles. The fraction of sp³-hybridized carbons (Fsp3) is 0.292. The number of ether oxygens (including phenoxy) is 2. The molecule has 3 aliphatic rings. The highest BCUT2D eigenvalue weighted by Crippen LogP contribution is 2.55. The lowest BCUT2D eigenvalue weighted by Gasteiger charge is -2.43. The number of para-hydroxylation sites is 1. The number of benzene rings is 2. The summed E-state index contributed by atoms with van der Waals surface area (Å²) in [5, 5.41) is 22.5. The fourth-order valence-corrected chi connectivity index (χ4v) is 5.41. The minimum absolute atomic E-state index is 0.00390. The van der Waals surface area contributed by atoms with Crippen LogP contribution in [0, 0.1) is 0 Å². The molecule has 2 aromatic carbocycles. The minimum Gasteiger partial charge on any atom is -0.507 e. The zero-order valence-electron chi connectivity index (χ0n) is 17.6. The molecule has 3 aromatic rings. The molecule has 1 fully saturated rings. The largest absolute Gasteiger partial charge is 0.507 e. The number of aromatic hydroxyl groups is 1. The van der Waals surface area contributed by atoms with Crippen LogP contribution in [0.3, 0.4) is 0 Å². The summed E-state index contributed by atoms with van der Waals surface area (Å²) in [6.07, 6.45) is 0.726. The summed E-state index contributed by atoms with van der Waals surface area (Å²) >= 11 is 0.